The van der Waals surface area contributed by atoms with Crippen LogP contribution in [0.4, 0.5) is 5.69 Å². The van der Waals surface area contributed by atoms with Gasteiger partial charge in [0.25, 0.3) is 0 Å². The molecule has 2 heterocycles. The fourth-order valence-corrected chi connectivity index (χ4v) is 3.52. The van der Waals surface area contributed by atoms with Crippen LogP contribution in [0.15, 0.2) is 59.9 Å². The number of hydrogen-bond acceptors (Lipinski definition) is 6. The molecule has 28 heavy (non-hydrogen) atoms. The van der Waals surface area contributed by atoms with E-state index in [0.717, 1.165) is 5.69 Å². The third-order valence-electron chi connectivity index (χ3n) is 3.72. The van der Waals surface area contributed by atoms with Gasteiger partial charge in [0, 0.05) is 15.7 Å². The van der Waals surface area contributed by atoms with E-state index in [1.54, 1.807) is 41.1 Å². The second-order valence-corrected chi connectivity index (χ2v) is 7.51. The molecule has 0 aliphatic carbocycles. The van der Waals surface area contributed by atoms with Gasteiger partial charge in [0.05, 0.1) is 11.4 Å². The molecule has 1 amide bonds. The van der Waals surface area contributed by atoms with Gasteiger partial charge in [-0.15, -0.1) is 5.10 Å². The Hall–Kier alpha value is -2.68. The van der Waals surface area contributed by atoms with E-state index in [1.807, 2.05) is 12.1 Å². The summed E-state index contributed by atoms with van der Waals surface area (Å²) in [6.45, 7) is 0. The molecule has 0 radical (unpaired) electrons. The number of aromatic nitrogens is 5. The number of fused-ring (bicyclic) bond motifs is 1. The SMILES string of the molecule is O=C(CSc1ncnc2c1nnn2-c1cccc(Cl)c1)Nc1ccc(Cl)cc1. The molecular formula is C18H12Cl2N6OS. The van der Waals surface area contributed by atoms with Crippen LogP contribution in [0.5, 0.6) is 0 Å². The number of nitrogens with zero attached hydrogens (tertiary/aromatic N) is 5. The summed E-state index contributed by atoms with van der Waals surface area (Å²) in [5.41, 5.74) is 2.48. The van der Waals surface area contributed by atoms with Gasteiger partial charge >= 0.3 is 0 Å². The normalized spacial score (nSPS) is 10.9. The van der Waals surface area contributed by atoms with E-state index in [1.165, 1.54) is 18.1 Å². The monoisotopic (exact) mass is 430 g/mol. The van der Waals surface area contributed by atoms with E-state index >= 15 is 0 Å². The van der Waals surface area contributed by atoms with Crippen molar-refractivity contribution in [3.05, 3.63) is 64.9 Å². The van der Waals surface area contributed by atoms with Crippen molar-refractivity contribution >= 4 is 57.7 Å². The highest BCUT2D eigenvalue weighted by molar-refractivity contribution is 8.00. The van der Waals surface area contributed by atoms with Gasteiger partial charge in [0.15, 0.2) is 11.2 Å². The standard InChI is InChI=1S/C18H12Cl2N6OS/c19-11-4-6-13(7-5-11)23-15(27)9-28-18-16-17(21-10-22-18)26(25-24-16)14-3-1-2-12(20)8-14/h1-8,10H,9H2,(H,23,27). The Morgan fingerprint density at radius 2 is 1.89 bits per heavy atom. The van der Waals surface area contributed by atoms with Crippen molar-refractivity contribution in [1.82, 2.24) is 25.0 Å². The largest absolute Gasteiger partial charge is 0.325 e. The van der Waals surface area contributed by atoms with E-state index in [2.05, 4.69) is 25.6 Å². The van der Waals surface area contributed by atoms with Gasteiger partial charge in [-0.3, -0.25) is 4.79 Å². The summed E-state index contributed by atoms with van der Waals surface area (Å²) in [6.07, 6.45) is 1.42. The predicted molar refractivity (Wildman–Crippen MR) is 110 cm³/mol. The van der Waals surface area contributed by atoms with Gasteiger partial charge in [0.1, 0.15) is 11.4 Å². The molecule has 0 fully saturated rings. The van der Waals surface area contributed by atoms with Gasteiger partial charge in [-0.25, -0.2) is 9.97 Å². The van der Waals surface area contributed by atoms with Crippen molar-refractivity contribution in [2.45, 2.75) is 5.03 Å². The zero-order valence-electron chi connectivity index (χ0n) is 14.2. The Bertz CT molecular complexity index is 1150. The minimum absolute atomic E-state index is 0.165. The Morgan fingerprint density at radius 3 is 2.68 bits per heavy atom. The number of halogens is 2. The molecule has 10 heteroatoms. The highest BCUT2D eigenvalue weighted by atomic mass is 35.5. The maximum absolute atomic E-state index is 12.2. The maximum atomic E-state index is 12.2. The van der Waals surface area contributed by atoms with Gasteiger partial charge < -0.3 is 5.32 Å². The summed E-state index contributed by atoms with van der Waals surface area (Å²) in [6, 6.07) is 14.1. The highest BCUT2D eigenvalue weighted by Crippen LogP contribution is 2.25. The van der Waals surface area contributed by atoms with E-state index in [-0.39, 0.29) is 11.7 Å². The van der Waals surface area contributed by atoms with Gasteiger partial charge in [-0.2, -0.15) is 4.68 Å². The lowest BCUT2D eigenvalue weighted by Gasteiger charge is -2.05. The fraction of sp³-hybridized carbons (Fsp3) is 0.0556. The molecule has 2 aromatic heterocycles. The smallest absolute Gasteiger partial charge is 0.234 e. The van der Waals surface area contributed by atoms with Crippen LogP contribution < -0.4 is 5.32 Å². The Kier molecular flexibility index (Phi) is 5.43. The average molecular weight is 431 g/mol. The lowest BCUT2D eigenvalue weighted by atomic mass is 10.3. The van der Waals surface area contributed by atoms with Crippen LogP contribution in [0.1, 0.15) is 0 Å². The summed E-state index contributed by atoms with van der Waals surface area (Å²) in [4.78, 5) is 20.7. The second kappa shape index (κ2) is 8.14. The molecule has 0 spiro atoms. The van der Waals surface area contributed by atoms with Crippen molar-refractivity contribution in [3.8, 4) is 5.69 Å². The van der Waals surface area contributed by atoms with Crippen LogP contribution in [0.3, 0.4) is 0 Å². The van der Waals surface area contributed by atoms with Gasteiger partial charge in [0.2, 0.25) is 5.91 Å². The first kappa shape index (κ1) is 18.7. The summed E-state index contributed by atoms with van der Waals surface area (Å²) >= 11 is 13.2. The predicted octanol–water partition coefficient (Wildman–Crippen LogP) is 4.25. The lowest BCUT2D eigenvalue weighted by molar-refractivity contribution is -0.113. The zero-order valence-corrected chi connectivity index (χ0v) is 16.5. The van der Waals surface area contributed by atoms with Gasteiger partial charge in [-0.1, -0.05) is 46.2 Å². The number of amides is 1. The third-order valence-corrected chi connectivity index (χ3v) is 5.19. The quantitative estimate of drug-likeness (QED) is 0.376. The number of hydrogen-bond donors (Lipinski definition) is 1. The number of benzene rings is 2. The molecule has 0 bridgehead atoms. The lowest BCUT2D eigenvalue weighted by Crippen LogP contribution is -2.14. The number of carbonyl (C=O) groups excluding carboxylic acids is 1. The van der Waals surface area contributed by atoms with Gasteiger partial charge in [-0.05, 0) is 42.5 Å². The first-order valence-corrected chi connectivity index (χ1v) is 9.85. The minimum Gasteiger partial charge on any atom is -0.325 e. The van der Waals surface area contributed by atoms with Crippen LogP contribution in [-0.4, -0.2) is 36.6 Å². The van der Waals surface area contributed by atoms with Crippen LogP contribution in [0.2, 0.25) is 10.0 Å². The van der Waals surface area contributed by atoms with Crippen molar-refractivity contribution in [2.75, 3.05) is 11.1 Å². The number of thioether (sulfide) groups is 1. The first-order valence-electron chi connectivity index (χ1n) is 8.11. The van der Waals surface area contributed by atoms with Crippen LogP contribution in [0, 0.1) is 0 Å². The number of nitrogens with one attached hydrogen (secondary N) is 1. The maximum Gasteiger partial charge on any atom is 0.234 e. The summed E-state index contributed by atoms with van der Waals surface area (Å²) < 4.78 is 1.58. The van der Waals surface area contributed by atoms with Crippen LogP contribution in [-0.2, 0) is 4.79 Å². The average Bonchev–Trinajstić information content (AvgIpc) is 3.13. The Labute approximate surface area is 174 Å². The van der Waals surface area contributed by atoms with Crippen LogP contribution in [0.25, 0.3) is 16.9 Å². The molecule has 2 aromatic carbocycles. The van der Waals surface area contributed by atoms with E-state index in [9.17, 15) is 4.79 Å². The molecule has 0 aliphatic rings. The Morgan fingerprint density at radius 1 is 1.07 bits per heavy atom. The molecule has 4 aromatic rings. The molecule has 7 nitrogen and oxygen atoms in total. The molecule has 0 atom stereocenters. The van der Waals surface area contributed by atoms with Crippen molar-refractivity contribution < 1.29 is 4.79 Å². The number of carbonyl (C=O) groups is 1. The first-order chi connectivity index (χ1) is 13.6. The summed E-state index contributed by atoms with van der Waals surface area (Å²) in [5.74, 6) is -0.00000519. The summed E-state index contributed by atoms with van der Waals surface area (Å²) in [7, 11) is 0. The minimum atomic E-state index is -0.165. The third kappa shape index (κ3) is 4.09. The highest BCUT2D eigenvalue weighted by Gasteiger charge is 2.15. The molecule has 0 unspecified atom stereocenters. The molecule has 1 N–H and O–H groups in total. The fourth-order valence-electron chi connectivity index (χ4n) is 2.48. The zero-order chi connectivity index (χ0) is 19.5. The van der Waals surface area contributed by atoms with Crippen molar-refractivity contribution in [3.63, 3.8) is 0 Å². The summed E-state index contributed by atoms with van der Waals surface area (Å²) in [5, 5.41) is 12.9. The molecule has 140 valence electrons. The molecule has 0 saturated carbocycles. The number of anilines is 1. The molecule has 0 aliphatic heterocycles. The van der Waals surface area contributed by atoms with E-state index in [0.29, 0.717) is 31.9 Å². The Balaban J connectivity index is 1.51. The molecular weight excluding hydrogens is 419 g/mol. The topological polar surface area (TPSA) is 85.6 Å². The van der Waals surface area contributed by atoms with E-state index in [4.69, 9.17) is 23.2 Å². The van der Waals surface area contributed by atoms with Crippen molar-refractivity contribution in [2.24, 2.45) is 0 Å². The number of rotatable bonds is 5. The second-order valence-electron chi connectivity index (χ2n) is 5.68. The molecule has 0 saturated heterocycles. The van der Waals surface area contributed by atoms with Crippen molar-refractivity contribution in [1.29, 1.82) is 0 Å². The van der Waals surface area contributed by atoms with Crippen LogP contribution >= 0.6 is 35.0 Å². The van der Waals surface area contributed by atoms with E-state index < -0.39 is 0 Å². The molecule has 4 rings (SSSR count).